The quantitative estimate of drug-likeness (QED) is 0.625. The highest BCUT2D eigenvalue weighted by Crippen LogP contribution is 2.29. The maximum absolute atomic E-state index is 5.08. The van der Waals surface area contributed by atoms with Crippen LogP contribution in [0.25, 0.3) is 0 Å². The van der Waals surface area contributed by atoms with Gasteiger partial charge in [0, 0.05) is 11.1 Å². The topological polar surface area (TPSA) is 14.1 Å². The van der Waals surface area contributed by atoms with Crippen molar-refractivity contribution >= 4 is 0 Å². The third-order valence-corrected chi connectivity index (χ3v) is 4.21. The molecule has 0 heterocycles. The van der Waals surface area contributed by atoms with E-state index >= 15 is 0 Å². The van der Waals surface area contributed by atoms with Crippen molar-refractivity contribution in [1.82, 2.24) is 5.32 Å². The Morgan fingerprint density at radius 2 is 1.07 bits per heavy atom. The van der Waals surface area contributed by atoms with Gasteiger partial charge in [0.15, 0.2) is 0 Å². The van der Waals surface area contributed by atoms with Gasteiger partial charge in [-0.3, -0.25) is 0 Å². The molecule has 1 heteroatoms. The second-order valence-corrected chi connectivity index (χ2v) is 6.04. The van der Waals surface area contributed by atoms with Crippen molar-refractivity contribution < 1.29 is 0 Å². The van der Waals surface area contributed by atoms with Gasteiger partial charge in [-0.1, -0.05) is 40.5 Å². The van der Waals surface area contributed by atoms with Gasteiger partial charge in [0.25, 0.3) is 0 Å². The summed E-state index contributed by atoms with van der Waals surface area (Å²) in [6, 6.07) is 0. The second kappa shape index (κ2) is 5.34. The van der Waals surface area contributed by atoms with Crippen LogP contribution in [0, 0.1) is 11.8 Å². The first kappa shape index (κ1) is 15.0. The Kier molecular flexibility index (Phi) is 5.32. The summed E-state index contributed by atoms with van der Waals surface area (Å²) in [4.78, 5) is 0. The minimum absolute atomic E-state index is 0.0989. The molecule has 0 amide bonds. The molecule has 1 radical (unpaired) electrons. The minimum Gasteiger partial charge on any atom is -0.229 e. The van der Waals surface area contributed by atoms with Gasteiger partial charge < -0.3 is 0 Å². The normalized spacial score (nSPS) is 17.6. The van der Waals surface area contributed by atoms with Crippen molar-refractivity contribution in [2.24, 2.45) is 11.8 Å². The molecule has 0 aliphatic rings. The van der Waals surface area contributed by atoms with Crippen LogP contribution in [0.2, 0.25) is 0 Å². The lowest BCUT2D eigenvalue weighted by Gasteiger charge is -2.41. The second-order valence-electron chi connectivity index (χ2n) is 6.04. The van der Waals surface area contributed by atoms with E-state index in [2.05, 4.69) is 55.4 Å². The van der Waals surface area contributed by atoms with Crippen LogP contribution >= 0.6 is 0 Å². The van der Waals surface area contributed by atoms with E-state index in [1.54, 1.807) is 0 Å². The van der Waals surface area contributed by atoms with Gasteiger partial charge in [-0.25, -0.2) is 5.32 Å². The van der Waals surface area contributed by atoms with Crippen LogP contribution in [-0.4, -0.2) is 11.1 Å². The first-order valence-corrected chi connectivity index (χ1v) is 6.41. The highest BCUT2D eigenvalue weighted by atomic mass is 15.0. The summed E-state index contributed by atoms with van der Waals surface area (Å²) in [6.07, 6.45) is 2.40. The minimum atomic E-state index is 0.0989. The molecule has 0 aromatic rings. The molecule has 0 N–H and O–H groups in total. The average molecular weight is 212 g/mol. The Bertz CT molecular complexity index is 162. The first-order valence-electron chi connectivity index (χ1n) is 6.41. The summed E-state index contributed by atoms with van der Waals surface area (Å²) in [5.41, 5.74) is 0.198. The molecule has 0 rings (SSSR count). The van der Waals surface area contributed by atoms with E-state index in [1.807, 2.05) is 0 Å². The highest BCUT2D eigenvalue weighted by Gasteiger charge is 2.35. The molecule has 0 fully saturated rings. The zero-order valence-electron chi connectivity index (χ0n) is 12.0. The summed E-state index contributed by atoms with van der Waals surface area (Å²) < 4.78 is 0. The summed E-state index contributed by atoms with van der Waals surface area (Å²) >= 11 is 0. The molecule has 2 atom stereocenters. The van der Waals surface area contributed by atoms with Crippen molar-refractivity contribution in [3.05, 3.63) is 0 Å². The molecular formula is C14H30N. The Hall–Kier alpha value is -0.0400. The number of nitrogens with zero attached hydrogens (tertiary/aromatic N) is 1. The van der Waals surface area contributed by atoms with Crippen LogP contribution < -0.4 is 5.32 Å². The van der Waals surface area contributed by atoms with Crippen molar-refractivity contribution in [2.75, 3.05) is 0 Å². The standard InChI is InChI=1S/C14H30N/c1-9-11(3)13(5,6)15-14(7,8)12(4)10-2/h11-12H,9-10H2,1-8H3. The molecule has 0 aliphatic heterocycles. The largest absolute Gasteiger partial charge is 0.229 e. The fraction of sp³-hybridized carbons (Fsp3) is 1.00. The van der Waals surface area contributed by atoms with Crippen molar-refractivity contribution in [2.45, 2.75) is 79.3 Å². The number of rotatable bonds is 6. The Morgan fingerprint density at radius 1 is 0.800 bits per heavy atom. The predicted octanol–water partition coefficient (Wildman–Crippen LogP) is 4.24. The van der Waals surface area contributed by atoms with E-state index in [0.717, 1.165) is 0 Å². The summed E-state index contributed by atoms with van der Waals surface area (Å²) in [5.74, 6) is 1.31. The van der Waals surface area contributed by atoms with Crippen molar-refractivity contribution in [1.29, 1.82) is 0 Å². The Labute approximate surface area is 97.0 Å². The molecular weight excluding hydrogens is 182 g/mol. The van der Waals surface area contributed by atoms with Gasteiger partial charge >= 0.3 is 0 Å². The molecule has 0 aliphatic carbocycles. The summed E-state index contributed by atoms with van der Waals surface area (Å²) in [6.45, 7) is 18.2. The number of hydrogen-bond donors (Lipinski definition) is 0. The van der Waals surface area contributed by atoms with Crippen molar-refractivity contribution in [3.8, 4) is 0 Å². The molecule has 0 saturated carbocycles. The highest BCUT2D eigenvalue weighted by molar-refractivity contribution is 4.92. The van der Waals surface area contributed by atoms with Gasteiger partial charge in [0.05, 0.1) is 0 Å². The fourth-order valence-electron chi connectivity index (χ4n) is 1.96. The van der Waals surface area contributed by atoms with Gasteiger partial charge in [-0.2, -0.15) is 0 Å². The molecule has 1 nitrogen and oxygen atoms in total. The maximum Gasteiger partial charge on any atom is 0.0332 e. The molecule has 0 saturated heterocycles. The molecule has 2 unspecified atom stereocenters. The molecule has 0 aromatic carbocycles. The monoisotopic (exact) mass is 212 g/mol. The third kappa shape index (κ3) is 4.14. The fourth-order valence-corrected chi connectivity index (χ4v) is 1.96. The van der Waals surface area contributed by atoms with Gasteiger partial charge in [0.2, 0.25) is 0 Å². The molecule has 15 heavy (non-hydrogen) atoms. The third-order valence-electron chi connectivity index (χ3n) is 4.21. The van der Waals surface area contributed by atoms with Crippen LogP contribution in [0.3, 0.4) is 0 Å². The SMILES string of the molecule is CCC(C)C(C)(C)[N]C(C)(C)C(C)CC. The van der Waals surface area contributed by atoms with E-state index < -0.39 is 0 Å². The first-order chi connectivity index (χ1) is 6.67. The van der Waals surface area contributed by atoms with Crippen LogP contribution in [0.1, 0.15) is 68.2 Å². The number of hydrogen-bond acceptors (Lipinski definition) is 0. The van der Waals surface area contributed by atoms with Gasteiger partial charge in [0.1, 0.15) is 0 Å². The lowest BCUT2D eigenvalue weighted by atomic mass is 9.80. The Balaban J connectivity index is 4.56. The van der Waals surface area contributed by atoms with Gasteiger partial charge in [-0.15, -0.1) is 0 Å². The van der Waals surface area contributed by atoms with E-state index in [1.165, 1.54) is 12.8 Å². The van der Waals surface area contributed by atoms with E-state index in [-0.39, 0.29) is 11.1 Å². The van der Waals surface area contributed by atoms with Crippen molar-refractivity contribution in [3.63, 3.8) is 0 Å². The van der Waals surface area contributed by atoms with Crippen LogP contribution in [0.15, 0.2) is 0 Å². The van der Waals surface area contributed by atoms with E-state index in [9.17, 15) is 0 Å². The molecule has 0 aromatic heterocycles. The molecule has 91 valence electrons. The lowest BCUT2D eigenvalue weighted by molar-refractivity contribution is 0.143. The van der Waals surface area contributed by atoms with Gasteiger partial charge in [-0.05, 0) is 39.5 Å². The van der Waals surface area contributed by atoms with E-state index in [0.29, 0.717) is 11.8 Å². The maximum atomic E-state index is 5.08. The van der Waals surface area contributed by atoms with E-state index in [4.69, 9.17) is 5.32 Å². The smallest absolute Gasteiger partial charge is 0.0332 e. The predicted molar refractivity (Wildman–Crippen MR) is 69.2 cm³/mol. The van der Waals surface area contributed by atoms with Crippen LogP contribution in [-0.2, 0) is 0 Å². The molecule has 0 bridgehead atoms. The van der Waals surface area contributed by atoms with Crippen LogP contribution in [0.4, 0.5) is 0 Å². The summed E-state index contributed by atoms with van der Waals surface area (Å²) in [5, 5.41) is 5.08. The molecule has 0 spiro atoms. The Morgan fingerprint density at radius 3 is 1.27 bits per heavy atom. The zero-order chi connectivity index (χ0) is 12.3. The summed E-state index contributed by atoms with van der Waals surface area (Å²) in [7, 11) is 0. The average Bonchev–Trinajstić information content (AvgIpc) is 2.13. The lowest BCUT2D eigenvalue weighted by Crippen LogP contribution is -2.52. The zero-order valence-corrected chi connectivity index (χ0v) is 12.0. The van der Waals surface area contributed by atoms with Crippen LogP contribution in [0.5, 0.6) is 0 Å².